The Kier molecular flexibility index (Phi) is 8.08. The number of hydrogen-bond donors (Lipinski definition) is 1. The molecule has 6 aromatic rings. The highest BCUT2D eigenvalue weighted by Gasteiger charge is 2.22. The van der Waals surface area contributed by atoms with Gasteiger partial charge in [-0.3, -0.25) is 19.9 Å². The van der Waals surface area contributed by atoms with E-state index in [1.54, 1.807) is 43.6 Å². The van der Waals surface area contributed by atoms with Crippen molar-refractivity contribution in [3.8, 4) is 10.4 Å². The Labute approximate surface area is 253 Å². The van der Waals surface area contributed by atoms with Crippen LogP contribution in [0.1, 0.15) is 31.7 Å². The average molecular weight is 588 g/mol. The summed E-state index contributed by atoms with van der Waals surface area (Å²) in [5.74, 6) is 0.0114. The zero-order valence-corrected chi connectivity index (χ0v) is 24.5. The van der Waals surface area contributed by atoms with Crippen LogP contribution in [0.3, 0.4) is 0 Å². The number of thiophene rings is 1. The largest absolute Gasteiger partial charge is 0.375 e. The molecule has 3 heterocycles. The van der Waals surface area contributed by atoms with Gasteiger partial charge in [0, 0.05) is 42.7 Å². The third-order valence-corrected chi connectivity index (χ3v) is 8.40. The summed E-state index contributed by atoms with van der Waals surface area (Å²) < 4.78 is 7.83. The third kappa shape index (κ3) is 5.94. The average Bonchev–Trinajstić information content (AvgIpc) is 3.69. The Bertz CT molecular complexity index is 1870. The Hall–Kier alpha value is -5.12. The van der Waals surface area contributed by atoms with E-state index in [4.69, 9.17) is 9.72 Å². The maximum Gasteiger partial charge on any atom is 0.268 e. The van der Waals surface area contributed by atoms with Crippen LogP contribution in [0.2, 0.25) is 0 Å². The number of methoxy groups -OCH3 is 1. The first-order valence-electron chi connectivity index (χ1n) is 13.7. The fraction of sp³-hybridized carbons (Fsp3) is 0.118. The Morgan fingerprint density at radius 2 is 1.65 bits per heavy atom. The van der Waals surface area contributed by atoms with Gasteiger partial charge in [0.2, 0.25) is 5.95 Å². The summed E-state index contributed by atoms with van der Waals surface area (Å²) in [7, 11) is 3.41. The van der Waals surface area contributed by atoms with Crippen LogP contribution in [-0.2, 0) is 11.3 Å². The summed E-state index contributed by atoms with van der Waals surface area (Å²) in [5.41, 5.74) is 4.74. The number of rotatable bonds is 9. The van der Waals surface area contributed by atoms with Gasteiger partial charge in [-0.1, -0.05) is 48.5 Å². The second-order valence-corrected chi connectivity index (χ2v) is 11.0. The van der Waals surface area contributed by atoms with E-state index in [1.807, 2.05) is 95.6 Å². The summed E-state index contributed by atoms with van der Waals surface area (Å²) >= 11 is 1.40. The van der Waals surface area contributed by atoms with Gasteiger partial charge in [0.1, 0.15) is 6.10 Å². The number of carbonyl (C=O) groups excluding carboxylic acids is 2. The fourth-order valence-corrected chi connectivity index (χ4v) is 5.85. The van der Waals surface area contributed by atoms with E-state index >= 15 is 0 Å². The predicted molar refractivity (Wildman–Crippen MR) is 171 cm³/mol. The lowest BCUT2D eigenvalue weighted by Gasteiger charge is -2.19. The van der Waals surface area contributed by atoms with Crippen LogP contribution < -0.4 is 10.2 Å². The standard InChI is InChI=1S/C34H29N5O3S/c1-38(33(41)25-11-7-4-8-12-25)26-13-14-28-27(21-26)36-34(39(28)22-29(42-2)23-9-5-3-6-10-23)37-32(40)31-16-15-30(43-31)24-17-19-35-20-18-24/h3-21,29H,22H2,1-2H3,(H,36,37,40)/t29-/m0/s1. The number of ether oxygens (including phenoxy) is 1. The van der Waals surface area contributed by atoms with Gasteiger partial charge >= 0.3 is 0 Å². The first-order chi connectivity index (χ1) is 21.0. The number of fused-ring (bicyclic) bond motifs is 1. The molecule has 0 aliphatic rings. The molecule has 2 amide bonds. The molecule has 1 atom stereocenters. The Morgan fingerprint density at radius 1 is 0.930 bits per heavy atom. The summed E-state index contributed by atoms with van der Waals surface area (Å²) in [6.45, 7) is 0.414. The zero-order valence-electron chi connectivity index (χ0n) is 23.7. The van der Waals surface area contributed by atoms with Crippen molar-refractivity contribution < 1.29 is 14.3 Å². The van der Waals surface area contributed by atoms with E-state index in [9.17, 15) is 9.59 Å². The maximum absolute atomic E-state index is 13.5. The predicted octanol–water partition coefficient (Wildman–Crippen LogP) is 7.08. The van der Waals surface area contributed by atoms with Gasteiger partial charge in [0.05, 0.1) is 22.5 Å². The maximum atomic E-state index is 13.5. The summed E-state index contributed by atoms with van der Waals surface area (Å²) in [5, 5.41) is 3.03. The number of imidazole rings is 1. The monoisotopic (exact) mass is 587 g/mol. The quantitative estimate of drug-likeness (QED) is 0.195. The lowest BCUT2D eigenvalue weighted by Crippen LogP contribution is -2.26. The van der Waals surface area contributed by atoms with Crippen LogP contribution in [0.4, 0.5) is 11.6 Å². The number of hydrogen-bond acceptors (Lipinski definition) is 6. The minimum atomic E-state index is -0.281. The molecule has 6 rings (SSSR count). The number of anilines is 2. The molecule has 8 nitrogen and oxygen atoms in total. The molecule has 0 fully saturated rings. The highest BCUT2D eigenvalue weighted by atomic mass is 32.1. The van der Waals surface area contributed by atoms with Crippen LogP contribution >= 0.6 is 11.3 Å². The van der Waals surface area contributed by atoms with Crippen LogP contribution in [0.25, 0.3) is 21.5 Å². The van der Waals surface area contributed by atoms with Gasteiger partial charge in [0.25, 0.3) is 11.8 Å². The van der Waals surface area contributed by atoms with Crippen molar-refractivity contribution in [1.29, 1.82) is 0 Å². The molecule has 0 saturated carbocycles. The van der Waals surface area contributed by atoms with Crippen molar-refractivity contribution >= 4 is 45.8 Å². The molecule has 3 aromatic carbocycles. The molecule has 1 N–H and O–H groups in total. The van der Waals surface area contributed by atoms with E-state index < -0.39 is 0 Å². The minimum Gasteiger partial charge on any atom is -0.375 e. The number of carbonyl (C=O) groups is 2. The van der Waals surface area contributed by atoms with Crippen molar-refractivity contribution in [2.24, 2.45) is 0 Å². The molecular formula is C34H29N5O3S. The number of benzene rings is 3. The topological polar surface area (TPSA) is 89.3 Å². The summed E-state index contributed by atoms with van der Waals surface area (Å²) in [4.78, 5) is 38.6. The van der Waals surface area contributed by atoms with Gasteiger partial charge in [-0.05, 0) is 65.7 Å². The molecular weight excluding hydrogens is 558 g/mol. The van der Waals surface area contributed by atoms with E-state index in [-0.39, 0.29) is 17.9 Å². The normalized spacial score (nSPS) is 11.8. The van der Waals surface area contributed by atoms with Crippen LogP contribution in [0.5, 0.6) is 0 Å². The molecule has 0 aliphatic carbocycles. The van der Waals surface area contributed by atoms with E-state index in [0.29, 0.717) is 34.1 Å². The van der Waals surface area contributed by atoms with E-state index in [2.05, 4.69) is 10.3 Å². The Morgan fingerprint density at radius 3 is 2.37 bits per heavy atom. The molecule has 43 heavy (non-hydrogen) atoms. The highest BCUT2D eigenvalue weighted by molar-refractivity contribution is 7.17. The highest BCUT2D eigenvalue weighted by Crippen LogP contribution is 2.31. The first kappa shape index (κ1) is 28.0. The van der Waals surface area contributed by atoms with E-state index in [1.165, 1.54) is 11.3 Å². The molecule has 0 spiro atoms. The minimum absolute atomic E-state index is 0.126. The van der Waals surface area contributed by atoms with Gasteiger partial charge in [0.15, 0.2) is 0 Å². The number of aromatic nitrogens is 3. The number of amides is 2. The van der Waals surface area contributed by atoms with Gasteiger partial charge in [-0.2, -0.15) is 0 Å². The molecule has 0 bridgehead atoms. The zero-order chi connectivity index (χ0) is 29.8. The molecule has 3 aromatic heterocycles. The first-order valence-corrected chi connectivity index (χ1v) is 14.6. The summed E-state index contributed by atoms with van der Waals surface area (Å²) in [6, 6.07) is 32.3. The number of nitrogens with zero attached hydrogens (tertiary/aromatic N) is 4. The molecule has 0 radical (unpaired) electrons. The van der Waals surface area contributed by atoms with Crippen molar-refractivity contribution in [3.05, 3.63) is 132 Å². The summed E-state index contributed by atoms with van der Waals surface area (Å²) in [6.07, 6.45) is 3.18. The van der Waals surface area contributed by atoms with Gasteiger partial charge in [-0.15, -0.1) is 11.3 Å². The second kappa shape index (κ2) is 12.4. The molecule has 9 heteroatoms. The van der Waals surface area contributed by atoms with Crippen LogP contribution in [0.15, 0.2) is 116 Å². The Balaban J connectivity index is 1.35. The van der Waals surface area contributed by atoms with Crippen molar-refractivity contribution in [2.45, 2.75) is 12.6 Å². The van der Waals surface area contributed by atoms with Crippen molar-refractivity contribution in [1.82, 2.24) is 14.5 Å². The lowest BCUT2D eigenvalue weighted by molar-refractivity contribution is 0.0890. The number of nitrogens with one attached hydrogen (secondary N) is 1. The molecule has 0 unspecified atom stereocenters. The van der Waals surface area contributed by atoms with Crippen LogP contribution in [-0.4, -0.2) is 40.5 Å². The number of pyridine rings is 1. The SMILES string of the molecule is CO[C@@H](Cn1c(NC(=O)c2ccc(-c3ccncc3)s2)nc2cc(N(C)C(=O)c3ccccc3)ccc21)c1ccccc1. The van der Waals surface area contributed by atoms with E-state index in [0.717, 1.165) is 21.5 Å². The molecule has 0 saturated heterocycles. The van der Waals surface area contributed by atoms with Crippen molar-refractivity contribution in [2.75, 3.05) is 24.4 Å². The third-order valence-electron chi connectivity index (χ3n) is 7.27. The van der Waals surface area contributed by atoms with Crippen molar-refractivity contribution in [3.63, 3.8) is 0 Å². The molecule has 214 valence electrons. The van der Waals surface area contributed by atoms with Gasteiger partial charge in [-0.25, -0.2) is 4.98 Å². The van der Waals surface area contributed by atoms with Crippen LogP contribution in [0, 0.1) is 0 Å². The fourth-order valence-electron chi connectivity index (χ4n) is 4.94. The van der Waals surface area contributed by atoms with Gasteiger partial charge < -0.3 is 14.2 Å². The smallest absolute Gasteiger partial charge is 0.268 e. The lowest BCUT2D eigenvalue weighted by atomic mass is 10.1. The molecule has 0 aliphatic heterocycles. The second-order valence-electron chi connectivity index (χ2n) is 9.94.